The molecule has 5 atom stereocenters. The van der Waals surface area contributed by atoms with Crippen molar-refractivity contribution >= 4 is 17.7 Å². The van der Waals surface area contributed by atoms with Crippen molar-refractivity contribution in [2.75, 3.05) is 27.2 Å². The minimum absolute atomic E-state index is 0.0448. The van der Waals surface area contributed by atoms with Crippen LogP contribution in [0.5, 0.6) is 0 Å². The molecule has 0 radical (unpaired) electrons. The van der Waals surface area contributed by atoms with Crippen molar-refractivity contribution < 1.29 is 24.6 Å². The third-order valence-electron chi connectivity index (χ3n) is 9.88. The monoisotopic (exact) mass is 698 g/mol. The molecule has 0 spiro atoms. The molecule has 0 aliphatic heterocycles. The van der Waals surface area contributed by atoms with Gasteiger partial charge in [-0.05, 0) is 49.8 Å². The molecule has 0 saturated heterocycles. The zero-order chi connectivity index (χ0) is 37.0. The summed E-state index contributed by atoms with van der Waals surface area (Å²) in [5.41, 5.74) is 2.08. The Kier molecular flexibility index (Phi) is 18.3. The zero-order valence-corrected chi connectivity index (χ0v) is 30.5. The molecule has 3 rings (SSSR count). The van der Waals surface area contributed by atoms with Crippen LogP contribution >= 0.6 is 0 Å². The van der Waals surface area contributed by atoms with Crippen LogP contribution in [0.3, 0.4) is 0 Å². The molecule has 0 aromatic heterocycles. The SMILES string of the molecule is C#CCCC[C@H](O)[C@H](O)[C@H](CC1CCCCC1)NC(=O)[C@H](CC#C)NC(=O)[C@@H](CC(=O)N(C)CCN(C)Cc1ccccc1)Cc1ccccc1. The summed E-state index contributed by atoms with van der Waals surface area (Å²) in [7, 11) is 3.75. The lowest BCUT2D eigenvalue weighted by molar-refractivity contribution is -0.137. The minimum atomic E-state index is -1.21. The number of benzene rings is 2. The van der Waals surface area contributed by atoms with Gasteiger partial charge in [0.15, 0.2) is 0 Å². The third kappa shape index (κ3) is 14.9. The Morgan fingerprint density at radius 1 is 0.863 bits per heavy atom. The number of aliphatic hydroxyl groups excluding tert-OH is 2. The van der Waals surface area contributed by atoms with Crippen molar-refractivity contribution in [3.63, 3.8) is 0 Å². The molecule has 0 unspecified atom stereocenters. The molecule has 3 amide bonds. The van der Waals surface area contributed by atoms with Crippen molar-refractivity contribution in [3.05, 3.63) is 71.8 Å². The number of hydrogen-bond donors (Lipinski definition) is 4. The highest BCUT2D eigenvalue weighted by Crippen LogP contribution is 2.29. The van der Waals surface area contributed by atoms with Crippen LogP contribution in [0.2, 0.25) is 0 Å². The summed E-state index contributed by atoms with van der Waals surface area (Å²) in [6.07, 6.45) is 16.1. The van der Waals surface area contributed by atoms with Gasteiger partial charge in [0, 0.05) is 45.9 Å². The summed E-state index contributed by atoms with van der Waals surface area (Å²) in [5, 5.41) is 27.8. The molecule has 1 saturated carbocycles. The normalized spacial score (nSPS) is 16.1. The van der Waals surface area contributed by atoms with Crippen LogP contribution in [0.4, 0.5) is 0 Å². The third-order valence-corrected chi connectivity index (χ3v) is 9.88. The van der Waals surface area contributed by atoms with E-state index >= 15 is 0 Å². The second-order valence-corrected chi connectivity index (χ2v) is 14.1. The smallest absolute Gasteiger partial charge is 0.243 e. The molecule has 1 aliphatic rings. The number of carbonyl (C=O) groups is 3. The standard InChI is InChI=1S/C42H58N4O5/c1-5-7-11-25-38(47)40(49)37(29-33-21-14-9-15-22-33)44-42(51)36(18-6-2)43-41(50)35(28-32-19-12-8-13-20-32)30-39(48)46(4)27-26-45(3)31-34-23-16-10-17-24-34/h1-2,8,10,12-13,16-17,19-20,23-24,33,35-38,40,47,49H,7,9,11,14-15,18,21-22,25-31H2,3-4H3,(H,43,50)(H,44,51)/t35-,36+,37+,38+,40-/m1/s1. The number of nitrogens with zero attached hydrogens (tertiary/aromatic N) is 2. The number of hydrogen-bond acceptors (Lipinski definition) is 6. The average molecular weight is 699 g/mol. The molecule has 9 heteroatoms. The van der Waals surface area contributed by atoms with Gasteiger partial charge in [0.05, 0.1) is 24.2 Å². The molecule has 1 aliphatic carbocycles. The Morgan fingerprint density at radius 2 is 1.51 bits per heavy atom. The van der Waals surface area contributed by atoms with Crippen LogP contribution in [0.25, 0.3) is 0 Å². The molecular weight excluding hydrogens is 640 g/mol. The summed E-state index contributed by atoms with van der Waals surface area (Å²) in [4.78, 5) is 45.0. The molecule has 51 heavy (non-hydrogen) atoms. The second kappa shape index (κ2) is 22.6. The Hall–Kier alpha value is -4.15. The van der Waals surface area contributed by atoms with Crippen molar-refractivity contribution in [2.45, 2.75) is 108 Å². The number of nitrogens with one attached hydrogen (secondary N) is 2. The van der Waals surface area contributed by atoms with Crippen molar-refractivity contribution in [1.29, 1.82) is 0 Å². The molecule has 4 N–H and O–H groups in total. The summed E-state index contributed by atoms with van der Waals surface area (Å²) in [6.45, 7) is 1.90. The lowest BCUT2D eigenvalue weighted by atomic mass is 9.82. The first-order valence-electron chi connectivity index (χ1n) is 18.4. The summed E-state index contributed by atoms with van der Waals surface area (Å²) >= 11 is 0. The number of likely N-dealkylation sites (N-methyl/N-ethyl adjacent to an activating group) is 2. The van der Waals surface area contributed by atoms with E-state index in [1.807, 2.05) is 55.6 Å². The predicted molar refractivity (Wildman–Crippen MR) is 202 cm³/mol. The van der Waals surface area contributed by atoms with Gasteiger partial charge in [-0.1, -0.05) is 92.8 Å². The average Bonchev–Trinajstić information content (AvgIpc) is 3.14. The van der Waals surface area contributed by atoms with Gasteiger partial charge in [0.1, 0.15) is 6.04 Å². The van der Waals surface area contributed by atoms with E-state index in [0.717, 1.165) is 44.2 Å². The number of carbonyl (C=O) groups excluding carboxylic acids is 3. The fourth-order valence-electron chi connectivity index (χ4n) is 6.76. The highest BCUT2D eigenvalue weighted by molar-refractivity contribution is 5.91. The number of aliphatic hydroxyl groups is 2. The van der Waals surface area contributed by atoms with Gasteiger partial charge in [-0.25, -0.2) is 0 Å². The maximum absolute atomic E-state index is 13.9. The highest BCUT2D eigenvalue weighted by atomic mass is 16.3. The van der Waals surface area contributed by atoms with E-state index in [1.165, 1.54) is 5.56 Å². The van der Waals surface area contributed by atoms with E-state index < -0.39 is 42.0 Å². The number of rotatable bonds is 21. The highest BCUT2D eigenvalue weighted by Gasteiger charge is 2.34. The molecule has 0 bridgehead atoms. The van der Waals surface area contributed by atoms with Crippen LogP contribution in [-0.2, 0) is 27.3 Å². The van der Waals surface area contributed by atoms with Gasteiger partial charge in [-0.15, -0.1) is 24.7 Å². The molecular formula is C42H58N4O5. The topological polar surface area (TPSA) is 122 Å². The summed E-state index contributed by atoms with van der Waals surface area (Å²) in [6, 6.07) is 17.8. The molecule has 276 valence electrons. The Labute approximate surface area is 305 Å². The van der Waals surface area contributed by atoms with E-state index in [9.17, 15) is 24.6 Å². The second-order valence-electron chi connectivity index (χ2n) is 14.1. The van der Waals surface area contributed by atoms with Gasteiger partial charge in [0.25, 0.3) is 0 Å². The fourth-order valence-corrected chi connectivity index (χ4v) is 6.76. The zero-order valence-electron chi connectivity index (χ0n) is 30.5. The summed E-state index contributed by atoms with van der Waals surface area (Å²) in [5.74, 6) is 3.45. The van der Waals surface area contributed by atoms with Crippen molar-refractivity contribution in [3.8, 4) is 24.7 Å². The molecule has 2 aromatic rings. The molecule has 9 nitrogen and oxygen atoms in total. The van der Waals surface area contributed by atoms with Gasteiger partial charge in [-0.2, -0.15) is 0 Å². The largest absolute Gasteiger partial charge is 0.390 e. The molecule has 0 heterocycles. The van der Waals surface area contributed by atoms with Crippen molar-refractivity contribution in [2.24, 2.45) is 11.8 Å². The van der Waals surface area contributed by atoms with E-state index in [1.54, 1.807) is 11.9 Å². The molecule has 2 aromatic carbocycles. The Morgan fingerprint density at radius 3 is 2.14 bits per heavy atom. The lowest BCUT2D eigenvalue weighted by Crippen LogP contribution is -2.56. The Bertz CT molecular complexity index is 1420. The predicted octanol–water partition coefficient (Wildman–Crippen LogP) is 4.31. The maximum Gasteiger partial charge on any atom is 0.243 e. The van der Waals surface area contributed by atoms with Crippen LogP contribution < -0.4 is 10.6 Å². The summed E-state index contributed by atoms with van der Waals surface area (Å²) < 4.78 is 0. The van der Waals surface area contributed by atoms with E-state index in [-0.39, 0.29) is 18.7 Å². The van der Waals surface area contributed by atoms with Crippen LogP contribution in [0.1, 0.15) is 81.8 Å². The van der Waals surface area contributed by atoms with Crippen LogP contribution in [0.15, 0.2) is 60.7 Å². The minimum Gasteiger partial charge on any atom is -0.390 e. The van der Waals surface area contributed by atoms with Crippen molar-refractivity contribution in [1.82, 2.24) is 20.4 Å². The van der Waals surface area contributed by atoms with Gasteiger partial charge in [-0.3, -0.25) is 14.4 Å². The number of terminal acetylenes is 2. The lowest BCUT2D eigenvalue weighted by Gasteiger charge is -2.33. The first-order valence-corrected chi connectivity index (χ1v) is 18.4. The first kappa shape index (κ1) is 41.3. The van der Waals surface area contributed by atoms with Gasteiger partial charge in [0.2, 0.25) is 17.7 Å². The number of unbranched alkanes of at least 4 members (excludes halogenated alkanes) is 1. The molecule has 1 fully saturated rings. The fraction of sp³-hybridized carbons (Fsp3) is 0.548. The maximum atomic E-state index is 13.9. The van der Waals surface area contributed by atoms with E-state index in [0.29, 0.717) is 51.1 Å². The van der Waals surface area contributed by atoms with E-state index in [4.69, 9.17) is 12.8 Å². The first-order chi connectivity index (χ1) is 24.6. The quantitative estimate of drug-likeness (QED) is 0.114. The number of amides is 3. The van der Waals surface area contributed by atoms with Crippen LogP contribution in [0, 0.1) is 36.5 Å². The van der Waals surface area contributed by atoms with E-state index in [2.05, 4.69) is 39.5 Å². The van der Waals surface area contributed by atoms with Gasteiger partial charge < -0.3 is 30.6 Å². The van der Waals surface area contributed by atoms with Crippen LogP contribution in [-0.4, -0.2) is 89.2 Å². The Balaban J connectivity index is 1.70. The van der Waals surface area contributed by atoms with Gasteiger partial charge >= 0.3 is 0 Å².